The SMILES string of the molecule is CNC(=O)N(C(N)=O)c1ccc(Oc2ccc(SC(F)(F)F)cc2)c(C)c1. The number of ether oxygens (including phenoxy) is 1. The zero-order valence-corrected chi connectivity index (χ0v) is 15.1. The highest BCUT2D eigenvalue weighted by atomic mass is 32.2. The molecular formula is C17H16F3N3O3S. The van der Waals surface area contributed by atoms with Crippen molar-refractivity contribution in [3.63, 3.8) is 0 Å². The number of urea groups is 2. The number of nitrogens with one attached hydrogen (secondary N) is 1. The molecule has 0 bridgehead atoms. The second-order valence-corrected chi connectivity index (χ2v) is 6.44. The van der Waals surface area contributed by atoms with Gasteiger partial charge in [0.15, 0.2) is 0 Å². The number of halogens is 3. The normalized spacial score (nSPS) is 11.0. The number of nitrogens with two attached hydrogens (primary N) is 1. The molecule has 0 saturated carbocycles. The van der Waals surface area contributed by atoms with Crippen molar-refractivity contribution in [3.8, 4) is 11.5 Å². The highest BCUT2D eigenvalue weighted by Gasteiger charge is 2.29. The lowest BCUT2D eigenvalue weighted by molar-refractivity contribution is -0.0328. The van der Waals surface area contributed by atoms with Gasteiger partial charge in [-0.15, -0.1) is 0 Å². The van der Waals surface area contributed by atoms with Crippen LogP contribution in [0.15, 0.2) is 47.4 Å². The molecule has 2 rings (SSSR count). The van der Waals surface area contributed by atoms with Gasteiger partial charge >= 0.3 is 17.6 Å². The van der Waals surface area contributed by atoms with Crippen LogP contribution < -0.4 is 20.7 Å². The number of nitrogens with zero attached hydrogens (tertiary/aromatic N) is 1. The fraction of sp³-hybridized carbons (Fsp3) is 0.176. The van der Waals surface area contributed by atoms with E-state index in [4.69, 9.17) is 10.5 Å². The smallest absolute Gasteiger partial charge is 0.446 e. The first kappa shape index (κ1) is 20.4. The van der Waals surface area contributed by atoms with Gasteiger partial charge in [-0.05, 0) is 66.7 Å². The van der Waals surface area contributed by atoms with Gasteiger partial charge in [-0.1, -0.05) is 0 Å². The predicted molar refractivity (Wildman–Crippen MR) is 96.1 cm³/mol. The minimum Gasteiger partial charge on any atom is -0.457 e. The van der Waals surface area contributed by atoms with Gasteiger partial charge in [-0.3, -0.25) is 0 Å². The first-order chi connectivity index (χ1) is 12.6. The Hall–Kier alpha value is -2.88. The van der Waals surface area contributed by atoms with Crippen molar-refractivity contribution in [2.24, 2.45) is 5.73 Å². The number of amides is 4. The van der Waals surface area contributed by atoms with E-state index in [0.717, 1.165) is 4.90 Å². The molecule has 0 aromatic heterocycles. The van der Waals surface area contributed by atoms with Crippen LogP contribution in [0.2, 0.25) is 0 Å². The summed E-state index contributed by atoms with van der Waals surface area (Å²) in [5.74, 6) is 0.756. The third-order valence-corrected chi connectivity index (χ3v) is 4.08. The van der Waals surface area contributed by atoms with Crippen LogP contribution in [0.5, 0.6) is 11.5 Å². The van der Waals surface area contributed by atoms with Gasteiger partial charge in [0.1, 0.15) is 11.5 Å². The zero-order valence-electron chi connectivity index (χ0n) is 14.3. The number of anilines is 1. The molecule has 6 nitrogen and oxygen atoms in total. The quantitative estimate of drug-likeness (QED) is 0.735. The number of benzene rings is 2. The molecule has 0 aliphatic carbocycles. The van der Waals surface area contributed by atoms with Crippen molar-refractivity contribution in [1.82, 2.24) is 5.32 Å². The number of alkyl halides is 3. The summed E-state index contributed by atoms with van der Waals surface area (Å²) in [5.41, 5.74) is 1.72. The predicted octanol–water partition coefficient (Wildman–Crippen LogP) is 4.62. The number of thioether (sulfide) groups is 1. The Kier molecular flexibility index (Phi) is 6.21. The van der Waals surface area contributed by atoms with Gasteiger partial charge in [-0.25, -0.2) is 14.5 Å². The number of primary amides is 1. The van der Waals surface area contributed by atoms with Crippen LogP contribution in [0.4, 0.5) is 28.4 Å². The summed E-state index contributed by atoms with van der Waals surface area (Å²) in [6.45, 7) is 1.69. The molecule has 0 spiro atoms. The van der Waals surface area contributed by atoms with Crippen molar-refractivity contribution < 1.29 is 27.5 Å². The fourth-order valence-electron chi connectivity index (χ4n) is 2.18. The molecule has 0 unspecified atom stereocenters. The van der Waals surface area contributed by atoms with E-state index in [1.165, 1.54) is 49.5 Å². The number of aryl methyl sites for hydroxylation is 1. The number of hydrogen-bond acceptors (Lipinski definition) is 4. The summed E-state index contributed by atoms with van der Waals surface area (Å²) in [6.07, 6.45) is 0. The summed E-state index contributed by atoms with van der Waals surface area (Å²) in [7, 11) is 1.36. The van der Waals surface area contributed by atoms with Crippen LogP contribution in [0.1, 0.15) is 5.56 Å². The van der Waals surface area contributed by atoms with E-state index in [0.29, 0.717) is 17.1 Å². The van der Waals surface area contributed by atoms with Crippen LogP contribution >= 0.6 is 11.8 Å². The van der Waals surface area contributed by atoms with E-state index < -0.39 is 17.6 Å². The average molecular weight is 399 g/mol. The Labute approximate surface area is 157 Å². The molecule has 0 atom stereocenters. The Bertz CT molecular complexity index is 842. The summed E-state index contributed by atoms with van der Waals surface area (Å²) < 4.78 is 42.7. The fourth-order valence-corrected chi connectivity index (χ4v) is 2.72. The summed E-state index contributed by atoms with van der Waals surface area (Å²) in [6, 6.07) is 8.34. The number of carbonyl (C=O) groups is 2. The van der Waals surface area contributed by atoms with Crippen LogP contribution in [0.25, 0.3) is 0 Å². The average Bonchev–Trinajstić information content (AvgIpc) is 2.57. The van der Waals surface area contributed by atoms with Gasteiger partial charge in [0.05, 0.1) is 5.69 Å². The van der Waals surface area contributed by atoms with Gasteiger partial charge in [0, 0.05) is 11.9 Å². The molecule has 144 valence electrons. The van der Waals surface area contributed by atoms with E-state index in [9.17, 15) is 22.8 Å². The van der Waals surface area contributed by atoms with Crippen molar-refractivity contribution in [2.75, 3.05) is 11.9 Å². The molecule has 4 amide bonds. The van der Waals surface area contributed by atoms with Crippen LogP contribution in [0, 0.1) is 6.92 Å². The number of rotatable bonds is 4. The van der Waals surface area contributed by atoms with Gasteiger partial charge < -0.3 is 15.8 Å². The van der Waals surface area contributed by atoms with E-state index in [-0.39, 0.29) is 22.3 Å². The first-order valence-electron chi connectivity index (χ1n) is 7.56. The molecule has 0 fully saturated rings. The molecule has 0 heterocycles. The molecule has 27 heavy (non-hydrogen) atoms. The molecule has 10 heteroatoms. The minimum absolute atomic E-state index is 0.0459. The minimum atomic E-state index is -4.36. The number of hydrogen-bond donors (Lipinski definition) is 2. The van der Waals surface area contributed by atoms with E-state index in [1.54, 1.807) is 6.92 Å². The van der Waals surface area contributed by atoms with Crippen molar-refractivity contribution in [1.29, 1.82) is 0 Å². The van der Waals surface area contributed by atoms with E-state index >= 15 is 0 Å². The lowest BCUT2D eigenvalue weighted by atomic mass is 10.2. The van der Waals surface area contributed by atoms with Crippen molar-refractivity contribution in [3.05, 3.63) is 48.0 Å². The molecule has 0 aliphatic rings. The van der Waals surface area contributed by atoms with Gasteiger partial charge in [-0.2, -0.15) is 13.2 Å². The lowest BCUT2D eigenvalue weighted by Gasteiger charge is -2.19. The standard InChI is InChI=1S/C17H16F3N3O3S/c1-10-9-11(23(15(21)24)16(25)22-2)3-8-14(10)26-12-4-6-13(7-5-12)27-17(18,19)20/h3-9H,1-2H3,(H2,21,24)(H,22,25). The topological polar surface area (TPSA) is 84.7 Å². The maximum atomic E-state index is 12.4. The van der Waals surface area contributed by atoms with Gasteiger partial charge in [0.25, 0.3) is 0 Å². The molecule has 0 saturated heterocycles. The Morgan fingerprint density at radius 3 is 2.26 bits per heavy atom. The third-order valence-electron chi connectivity index (χ3n) is 3.34. The maximum absolute atomic E-state index is 12.4. The molecule has 2 aromatic carbocycles. The lowest BCUT2D eigenvalue weighted by Crippen LogP contribution is -2.45. The highest BCUT2D eigenvalue weighted by Crippen LogP contribution is 2.38. The van der Waals surface area contributed by atoms with Gasteiger partial charge in [0.2, 0.25) is 0 Å². The number of imide groups is 1. The Morgan fingerprint density at radius 1 is 1.15 bits per heavy atom. The summed E-state index contributed by atoms with van der Waals surface area (Å²) in [4.78, 5) is 24.1. The third kappa shape index (κ3) is 5.55. The maximum Gasteiger partial charge on any atom is 0.446 e. The molecule has 0 aliphatic heterocycles. The van der Waals surface area contributed by atoms with Crippen molar-refractivity contribution >= 4 is 29.5 Å². The first-order valence-corrected chi connectivity index (χ1v) is 8.38. The second-order valence-electron chi connectivity index (χ2n) is 5.30. The van der Waals surface area contributed by atoms with Crippen molar-refractivity contribution in [2.45, 2.75) is 17.3 Å². The largest absolute Gasteiger partial charge is 0.457 e. The summed E-state index contributed by atoms with van der Waals surface area (Å²) in [5, 5.41) is 2.31. The van der Waals surface area contributed by atoms with E-state index in [2.05, 4.69) is 5.32 Å². The Balaban J connectivity index is 2.18. The van der Waals surface area contributed by atoms with Crippen LogP contribution in [-0.4, -0.2) is 24.6 Å². The molecule has 0 radical (unpaired) electrons. The van der Waals surface area contributed by atoms with E-state index in [1.807, 2.05) is 0 Å². The Morgan fingerprint density at radius 2 is 1.78 bits per heavy atom. The zero-order chi connectivity index (χ0) is 20.2. The number of carbonyl (C=O) groups excluding carboxylic acids is 2. The second kappa shape index (κ2) is 8.21. The highest BCUT2D eigenvalue weighted by molar-refractivity contribution is 8.00. The molecule has 3 N–H and O–H groups in total. The monoisotopic (exact) mass is 399 g/mol. The molecule has 2 aromatic rings. The van der Waals surface area contributed by atoms with Crippen LogP contribution in [0.3, 0.4) is 0 Å². The van der Waals surface area contributed by atoms with Crippen LogP contribution in [-0.2, 0) is 0 Å². The molecular weight excluding hydrogens is 383 g/mol. The summed E-state index contributed by atoms with van der Waals surface area (Å²) >= 11 is -0.211.